The molecule has 0 saturated carbocycles. The average Bonchev–Trinajstić information content (AvgIpc) is 2.14. The number of ether oxygens (including phenoxy) is 1. The molecular formula is C13H22N2O2. The second-order valence-electron chi connectivity index (χ2n) is 5.30. The fourth-order valence-electron chi connectivity index (χ4n) is 1.33. The maximum Gasteiger partial charge on any atom is 0.122 e. The number of anilines is 2. The topological polar surface area (TPSA) is 67.5 Å². The first-order valence-electron chi connectivity index (χ1n) is 5.61. The van der Waals surface area contributed by atoms with Gasteiger partial charge in [-0.05, 0) is 33.8 Å². The Labute approximate surface area is 103 Å². The van der Waals surface area contributed by atoms with Crippen molar-refractivity contribution in [2.24, 2.45) is 0 Å². The maximum absolute atomic E-state index is 10.1. The van der Waals surface area contributed by atoms with Crippen molar-refractivity contribution in [3.8, 4) is 5.75 Å². The van der Waals surface area contributed by atoms with Crippen molar-refractivity contribution in [2.45, 2.75) is 38.8 Å². The highest BCUT2D eigenvalue weighted by Gasteiger charge is 2.34. The largest absolute Gasteiger partial charge is 0.497 e. The second-order valence-corrected chi connectivity index (χ2v) is 5.30. The molecule has 0 aromatic heterocycles. The van der Waals surface area contributed by atoms with Crippen LogP contribution in [0.4, 0.5) is 11.4 Å². The number of benzene rings is 1. The third-order valence-electron chi connectivity index (χ3n) is 3.15. The van der Waals surface area contributed by atoms with Gasteiger partial charge in [-0.25, -0.2) is 0 Å². The number of rotatable bonds is 4. The monoisotopic (exact) mass is 238 g/mol. The summed E-state index contributed by atoms with van der Waals surface area (Å²) in [6, 6.07) is 5.42. The van der Waals surface area contributed by atoms with E-state index in [0.717, 1.165) is 5.69 Å². The summed E-state index contributed by atoms with van der Waals surface area (Å²) in [5.74, 6) is 0.694. The van der Waals surface area contributed by atoms with Gasteiger partial charge >= 0.3 is 0 Å². The second kappa shape index (κ2) is 4.45. The van der Waals surface area contributed by atoms with E-state index in [1.165, 1.54) is 0 Å². The Balaban J connectivity index is 2.99. The molecule has 0 amide bonds. The van der Waals surface area contributed by atoms with Crippen LogP contribution in [-0.4, -0.2) is 23.4 Å². The lowest BCUT2D eigenvalue weighted by molar-refractivity contribution is 0.0240. The summed E-state index contributed by atoms with van der Waals surface area (Å²) in [6.45, 7) is 7.40. The van der Waals surface area contributed by atoms with Crippen molar-refractivity contribution in [2.75, 3.05) is 18.2 Å². The van der Waals surface area contributed by atoms with Gasteiger partial charge < -0.3 is 20.9 Å². The average molecular weight is 238 g/mol. The van der Waals surface area contributed by atoms with E-state index >= 15 is 0 Å². The molecule has 1 rings (SSSR count). The molecule has 4 N–H and O–H groups in total. The predicted octanol–water partition coefficient (Wildman–Crippen LogP) is 2.24. The minimum atomic E-state index is -0.856. The lowest BCUT2D eigenvalue weighted by Gasteiger charge is -2.39. The molecule has 0 radical (unpaired) electrons. The van der Waals surface area contributed by atoms with Gasteiger partial charge in [0.15, 0.2) is 0 Å². The smallest absolute Gasteiger partial charge is 0.122 e. The van der Waals surface area contributed by atoms with Crippen LogP contribution in [0.15, 0.2) is 18.2 Å². The Kier molecular flexibility index (Phi) is 3.57. The molecule has 0 atom stereocenters. The van der Waals surface area contributed by atoms with Gasteiger partial charge in [-0.3, -0.25) is 0 Å². The van der Waals surface area contributed by atoms with Crippen LogP contribution in [0.3, 0.4) is 0 Å². The normalized spacial score (nSPS) is 12.4. The van der Waals surface area contributed by atoms with E-state index in [1.54, 1.807) is 27.0 Å². The highest BCUT2D eigenvalue weighted by atomic mass is 16.5. The SMILES string of the molecule is COc1cc(N)cc(NC(C)(C)C(C)(C)O)c1. The van der Waals surface area contributed by atoms with E-state index in [9.17, 15) is 5.11 Å². The van der Waals surface area contributed by atoms with Gasteiger partial charge in [-0.15, -0.1) is 0 Å². The first-order chi connectivity index (χ1) is 7.65. The third-order valence-corrected chi connectivity index (χ3v) is 3.15. The van der Waals surface area contributed by atoms with Gasteiger partial charge in [-0.2, -0.15) is 0 Å². The van der Waals surface area contributed by atoms with Crippen molar-refractivity contribution in [1.29, 1.82) is 0 Å². The van der Waals surface area contributed by atoms with Gasteiger partial charge in [0.25, 0.3) is 0 Å². The van der Waals surface area contributed by atoms with Gasteiger partial charge in [-0.1, -0.05) is 0 Å². The van der Waals surface area contributed by atoms with Gasteiger partial charge in [0.05, 0.1) is 18.2 Å². The summed E-state index contributed by atoms with van der Waals surface area (Å²) >= 11 is 0. The molecule has 0 aliphatic heterocycles. The molecule has 0 spiro atoms. The lowest BCUT2D eigenvalue weighted by atomic mass is 9.86. The molecule has 0 heterocycles. The molecule has 0 saturated heterocycles. The van der Waals surface area contributed by atoms with E-state index in [1.807, 2.05) is 26.0 Å². The van der Waals surface area contributed by atoms with Crippen molar-refractivity contribution in [3.05, 3.63) is 18.2 Å². The summed E-state index contributed by atoms with van der Waals surface area (Å²) in [4.78, 5) is 0. The Morgan fingerprint density at radius 2 is 1.76 bits per heavy atom. The molecule has 0 aliphatic carbocycles. The summed E-state index contributed by atoms with van der Waals surface area (Å²) in [7, 11) is 1.60. The van der Waals surface area contributed by atoms with Crippen molar-refractivity contribution < 1.29 is 9.84 Å². The first-order valence-corrected chi connectivity index (χ1v) is 5.61. The Hall–Kier alpha value is -1.42. The van der Waals surface area contributed by atoms with E-state index in [-0.39, 0.29) is 0 Å². The number of hydrogen-bond acceptors (Lipinski definition) is 4. The van der Waals surface area contributed by atoms with Gasteiger partial charge in [0, 0.05) is 23.5 Å². The van der Waals surface area contributed by atoms with Crippen LogP contribution in [-0.2, 0) is 0 Å². The molecule has 0 unspecified atom stereocenters. The number of aliphatic hydroxyl groups is 1. The number of nitrogen functional groups attached to an aromatic ring is 1. The van der Waals surface area contributed by atoms with Crippen LogP contribution >= 0.6 is 0 Å². The summed E-state index contributed by atoms with van der Waals surface area (Å²) in [5, 5.41) is 13.3. The van der Waals surface area contributed by atoms with Gasteiger partial charge in [0.1, 0.15) is 5.75 Å². The van der Waals surface area contributed by atoms with E-state index in [4.69, 9.17) is 10.5 Å². The minimum Gasteiger partial charge on any atom is -0.497 e. The highest BCUT2D eigenvalue weighted by Crippen LogP contribution is 2.29. The Morgan fingerprint density at radius 3 is 2.24 bits per heavy atom. The molecule has 0 fully saturated rings. The number of nitrogens with two attached hydrogens (primary N) is 1. The van der Waals surface area contributed by atoms with Crippen LogP contribution < -0.4 is 15.8 Å². The molecule has 96 valence electrons. The molecule has 17 heavy (non-hydrogen) atoms. The summed E-state index contributed by atoms with van der Waals surface area (Å²) < 4.78 is 5.15. The van der Waals surface area contributed by atoms with Crippen LogP contribution in [0.2, 0.25) is 0 Å². The molecular weight excluding hydrogens is 216 g/mol. The lowest BCUT2D eigenvalue weighted by Crippen LogP contribution is -2.51. The predicted molar refractivity (Wildman–Crippen MR) is 71.4 cm³/mol. The highest BCUT2D eigenvalue weighted by molar-refractivity contribution is 5.60. The zero-order chi connectivity index (χ0) is 13.3. The molecule has 4 nitrogen and oxygen atoms in total. The van der Waals surface area contributed by atoms with Crippen LogP contribution in [0.5, 0.6) is 5.75 Å². The number of methoxy groups -OCH3 is 1. The van der Waals surface area contributed by atoms with Crippen molar-refractivity contribution in [3.63, 3.8) is 0 Å². The van der Waals surface area contributed by atoms with E-state index < -0.39 is 11.1 Å². The molecule has 1 aromatic rings. The fourth-order valence-corrected chi connectivity index (χ4v) is 1.33. The van der Waals surface area contributed by atoms with Crippen molar-refractivity contribution in [1.82, 2.24) is 0 Å². The standard InChI is InChI=1S/C13H22N2O2/c1-12(2,13(3,4)16)15-10-6-9(14)7-11(8-10)17-5/h6-8,15-16H,14H2,1-5H3. The van der Waals surface area contributed by atoms with Crippen LogP contribution in [0.25, 0.3) is 0 Å². The Bertz CT molecular complexity index is 395. The molecule has 4 heteroatoms. The van der Waals surface area contributed by atoms with Crippen molar-refractivity contribution >= 4 is 11.4 Å². The number of nitrogens with one attached hydrogen (secondary N) is 1. The molecule has 0 aliphatic rings. The maximum atomic E-state index is 10.1. The zero-order valence-corrected chi connectivity index (χ0v) is 11.2. The van der Waals surface area contributed by atoms with Crippen LogP contribution in [0, 0.1) is 0 Å². The molecule has 1 aromatic carbocycles. The fraction of sp³-hybridized carbons (Fsp3) is 0.538. The Morgan fingerprint density at radius 1 is 1.18 bits per heavy atom. The third kappa shape index (κ3) is 3.27. The number of hydrogen-bond donors (Lipinski definition) is 3. The quantitative estimate of drug-likeness (QED) is 0.704. The zero-order valence-electron chi connectivity index (χ0n) is 11.2. The van der Waals surface area contributed by atoms with Gasteiger partial charge in [0.2, 0.25) is 0 Å². The van der Waals surface area contributed by atoms with E-state index in [2.05, 4.69) is 5.32 Å². The van der Waals surface area contributed by atoms with Crippen LogP contribution in [0.1, 0.15) is 27.7 Å². The molecule has 0 bridgehead atoms. The summed E-state index contributed by atoms with van der Waals surface area (Å²) in [5.41, 5.74) is 5.89. The summed E-state index contributed by atoms with van der Waals surface area (Å²) in [6.07, 6.45) is 0. The van der Waals surface area contributed by atoms with E-state index in [0.29, 0.717) is 11.4 Å². The minimum absolute atomic E-state index is 0.480. The first kappa shape index (κ1) is 13.6.